The summed E-state index contributed by atoms with van der Waals surface area (Å²) in [6.07, 6.45) is 21.9. The first-order valence-corrected chi connectivity index (χ1v) is 28.3. The molecule has 0 spiro atoms. The average molecular weight is 997 g/mol. The molecule has 4 rings (SSSR count). The number of unbranched alkanes of at least 4 members (excludes halogenated alkanes) is 16. The molecule has 1 fully saturated rings. The van der Waals surface area contributed by atoms with Crippen molar-refractivity contribution in [3.05, 3.63) is 107 Å². The molecule has 2 unspecified atom stereocenters. The van der Waals surface area contributed by atoms with Crippen molar-refractivity contribution in [1.29, 1.82) is 0 Å². The molecule has 1 aliphatic heterocycles. The maximum atomic E-state index is 12.5. The van der Waals surface area contributed by atoms with Crippen LogP contribution in [0.25, 0.3) is 4.85 Å². The van der Waals surface area contributed by atoms with Crippen LogP contribution in [-0.2, 0) is 24.1 Å². The van der Waals surface area contributed by atoms with Crippen molar-refractivity contribution in [2.24, 2.45) is 5.92 Å². The van der Waals surface area contributed by atoms with E-state index in [-0.39, 0.29) is 43.8 Å². The Hall–Kier alpha value is -3.69. The quantitative estimate of drug-likeness (QED) is 0.0192. The van der Waals surface area contributed by atoms with Gasteiger partial charge in [-0.1, -0.05) is 164 Å². The first kappa shape index (κ1) is 59.9. The Labute approximate surface area is 432 Å². The number of amides is 2. The van der Waals surface area contributed by atoms with E-state index in [0.717, 1.165) is 79.7 Å². The summed E-state index contributed by atoms with van der Waals surface area (Å²) in [5.41, 5.74) is 1.73. The van der Waals surface area contributed by atoms with Crippen LogP contribution < -0.4 is 20.1 Å². The van der Waals surface area contributed by atoms with Crippen LogP contribution in [-0.4, -0.2) is 95.9 Å². The highest BCUT2D eigenvalue weighted by Gasteiger charge is 2.47. The molecule has 1 saturated heterocycles. The SMILES string of the molecule is [B][C@@H]1O[C@H](COC(c2ccccc2)(c2ccc(OC)cc2)c2ccc(OC)cc2)[C@H](OP(OCC[N+]#[C-])N(C(C)C)C(C)C)C1CCCCCCCNC(=O)NCCCCCCCCCCCCCCC. The number of hydrogen-bond donors (Lipinski definition) is 2. The predicted octanol–water partition coefficient (Wildman–Crippen LogP) is 13.9. The molecule has 0 saturated carbocycles. The van der Waals surface area contributed by atoms with Gasteiger partial charge in [0.05, 0.1) is 26.9 Å². The first-order chi connectivity index (χ1) is 34.6. The van der Waals surface area contributed by atoms with Crippen molar-refractivity contribution in [2.45, 2.75) is 193 Å². The number of nitrogens with one attached hydrogen (secondary N) is 2. The normalized spacial score (nSPS) is 17.4. The summed E-state index contributed by atoms with van der Waals surface area (Å²) in [6, 6.07) is 25.9. The third-order valence-corrected chi connectivity index (χ3v) is 15.7. The fourth-order valence-electron chi connectivity index (χ4n) is 9.77. The first-order valence-electron chi connectivity index (χ1n) is 27.2. The van der Waals surface area contributed by atoms with Crippen molar-refractivity contribution in [2.75, 3.05) is 47.1 Å². The van der Waals surface area contributed by atoms with E-state index in [2.05, 4.69) is 66.9 Å². The predicted molar refractivity (Wildman–Crippen MR) is 292 cm³/mol. The largest absolute Gasteiger partial charge is 0.497 e. The minimum absolute atomic E-state index is 0.0655. The third kappa shape index (κ3) is 20.3. The van der Waals surface area contributed by atoms with E-state index < -0.39 is 32.3 Å². The van der Waals surface area contributed by atoms with Gasteiger partial charge < -0.3 is 43.5 Å². The van der Waals surface area contributed by atoms with Crippen LogP contribution in [0.15, 0.2) is 78.9 Å². The minimum Gasteiger partial charge on any atom is -0.497 e. The lowest BCUT2D eigenvalue weighted by molar-refractivity contribution is -0.0717. The molecule has 0 bridgehead atoms. The molecule has 5 atom stereocenters. The fourth-order valence-corrected chi connectivity index (χ4v) is 11.6. The Balaban J connectivity index is 1.37. The van der Waals surface area contributed by atoms with E-state index in [1.165, 1.54) is 77.0 Å². The summed E-state index contributed by atoms with van der Waals surface area (Å²) in [5.74, 6) is 1.36. The van der Waals surface area contributed by atoms with Gasteiger partial charge in [0.1, 0.15) is 37.7 Å². The Morgan fingerprint density at radius 1 is 0.704 bits per heavy atom. The average Bonchev–Trinajstić information content (AvgIpc) is 3.67. The second-order valence-electron chi connectivity index (χ2n) is 19.7. The van der Waals surface area contributed by atoms with Gasteiger partial charge in [0.15, 0.2) is 0 Å². The van der Waals surface area contributed by atoms with Gasteiger partial charge in [-0.2, -0.15) is 0 Å². The zero-order valence-corrected chi connectivity index (χ0v) is 45.6. The van der Waals surface area contributed by atoms with Crippen LogP contribution in [0.1, 0.15) is 173 Å². The standard InChI is InChI=1S/C58H90BN4O7P/c1-9-10-11-12-13-14-15-16-17-18-19-22-28-41-61-57(64)62-42-29-23-20-21-27-32-53-55(70-71(68-44-43-60-6)63(46(2)3)47(4)5)54(69-56(53)59)45-67-58(48-30-25-24-26-31-48,49-33-37-51(65-7)38-34-49)50-35-39-52(66-8)40-36-50/h24-26,30-31,33-40,46-47,53-56H,9-23,27-29,32,41-45H2,1-5,7-8H3,(H2,61,62,64)/t53?,54-,55-,56-,71?/m1/s1. The van der Waals surface area contributed by atoms with E-state index in [1.54, 1.807) is 14.2 Å². The smallest absolute Gasteiger partial charge is 0.314 e. The highest BCUT2D eigenvalue weighted by molar-refractivity contribution is 7.44. The molecule has 3 aromatic carbocycles. The van der Waals surface area contributed by atoms with Gasteiger partial charge in [-0.25, -0.2) is 16.0 Å². The van der Waals surface area contributed by atoms with Crippen LogP contribution in [0.3, 0.4) is 0 Å². The number of nitrogens with zero attached hydrogens (tertiary/aromatic N) is 2. The summed E-state index contributed by atoms with van der Waals surface area (Å²) >= 11 is 0. The molecule has 392 valence electrons. The van der Waals surface area contributed by atoms with Crippen molar-refractivity contribution in [1.82, 2.24) is 15.3 Å². The summed E-state index contributed by atoms with van der Waals surface area (Å²) in [6.45, 7) is 20.4. The van der Waals surface area contributed by atoms with E-state index in [0.29, 0.717) is 6.54 Å². The van der Waals surface area contributed by atoms with Gasteiger partial charge in [0, 0.05) is 37.1 Å². The Kier molecular flexibility index (Phi) is 29.2. The number of urea groups is 1. The van der Waals surface area contributed by atoms with Crippen LogP contribution in [0.4, 0.5) is 4.79 Å². The molecular weight excluding hydrogens is 906 g/mol. The third-order valence-electron chi connectivity index (χ3n) is 13.6. The van der Waals surface area contributed by atoms with E-state index in [4.69, 9.17) is 42.4 Å². The van der Waals surface area contributed by atoms with Crippen molar-refractivity contribution in [3.63, 3.8) is 0 Å². The molecule has 1 heterocycles. The summed E-state index contributed by atoms with van der Waals surface area (Å²) in [5, 5.41) is 6.10. The zero-order chi connectivity index (χ0) is 51.1. The highest BCUT2D eigenvalue weighted by Crippen LogP contribution is 2.51. The lowest BCUT2D eigenvalue weighted by atomic mass is 9.79. The Morgan fingerprint density at radius 2 is 1.17 bits per heavy atom. The molecule has 11 nitrogen and oxygen atoms in total. The number of ether oxygens (including phenoxy) is 4. The van der Waals surface area contributed by atoms with Crippen LogP contribution in [0, 0.1) is 12.5 Å². The monoisotopic (exact) mass is 997 g/mol. The zero-order valence-electron chi connectivity index (χ0n) is 44.7. The molecule has 71 heavy (non-hydrogen) atoms. The molecule has 2 amide bonds. The molecule has 2 radical (unpaired) electrons. The van der Waals surface area contributed by atoms with Gasteiger partial charge in [0.25, 0.3) is 8.53 Å². The number of benzene rings is 3. The van der Waals surface area contributed by atoms with Gasteiger partial charge in [-0.15, -0.1) is 0 Å². The number of carbonyl (C=O) groups is 1. The molecule has 3 aromatic rings. The van der Waals surface area contributed by atoms with Gasteiger partial charge in [-0.3, -0.25) is 0 Å². The van der Waals surface area contributed by atoms with Crippen LogP contribution in [0.2, 0.25) is 0 Å². The molecular formula is C58H90BN4O7P. The van der Waals surface area contributed by atoms with Crippen molar-refractivity contribution >= 4 is 22.4 Å². The Bertz CT molecular complexity index is 1830. The molecule has 0 aromatic heterocycles. The molecule has 2 N–H and O–H groups in total. The second kappa shape index (κ2) is 34.7. The lowest BCUT2D eigenvalue weighted by Crippen LogP contribution is -2.41. The number of carbonyl (C=O) groups excluding carboxylic acids is 1. The van der Waals surface area contributed by atoms with Gasteiger partial charge in [-0.05, 0) is 87.9 Å². The van der Waals surface area contributed by atoms with Crippen molar-refractivity contribution in [3.8, 4) is 11.5 Å². The van der Waals surface area contributed by atoms with Crippen molar-refractivity contribution < 1.29 is 32.8 Å². The maximum Gasteiger partial charge on any atom is 0.314 e. The molecule has 0 aliphatic carbocycles. The summed E-state index contributed by atoms with van der Waals surface area (Å²) < 4.78 is 41.2. The molecule has 1 aliphatic rings. The highest BCUT2D eigenvalue weighted by atomic mass is 31.2. The van der Waals surface area contributed by atoms with Gasteiger partial charge in [0.2, 0.25) is 6.54 Å². The number of rotatable bonds is 38. The lowest BCUT2D eigenvalue weighted by Gasteiger charge is -2.39. The number of hydrogen-bond acceptors (Lipinski definition) is 8. The van der Waals surface area contributed by atoms with Gasteiger partial charge >= 0.3 is 6.03 Å². The van der Waals surface area contributed by atoms with E-state index in [1.807, 2.05) is 66.7 Å². The topological polar surface area (TPSA) is 104 Å². The fraction of sp³-hybridized carbons (Fsp3) is 0.655. The molecule has 13 heteroatoms. The summed E-state index contributed by atoms with van der Waals surface area (Å²) in [7, 11) is 8.71. The minimum atomic E-state index is -1.60. The van der Waals surface area contributed by atoms with E-state index in [9.17, 15) is 4.79 Å². The number of methoxy groups -OCH3 is 2. The maximum absolute atomic E-state index is 12.5. The second-order valence-corrected chi connectivity index (χ2v) is 21.1. The van der Waals surface area contributed by atoms with Crippen LogP contribution in [0.5, 0.6) is 11.5 Å². The summed E-state index contributed by atoms with van der Waals surface area (Å²) in [4.78, 5) is 16.0. The van der Waals surface area contributed by atoms with Crippen LogP contribution >= 0.6 is 8.53 Å². The van der Waals surface area contributed by atoms with E-state index >= 15 is 0 Å². The Morgan fingerprint density at radius 3 is 1.63 bits per heavy atom.